The van der Waals surface area contributed by atoms with Crippen LogP contribution >= 0.6 is 24.2 Å². The first kappa shape index (κ1) is 19.1. The van der Waals surface area contributed by atoms with Gasteiger partial charge in [-0.2, -0.15) is 11.8 Å². The second-order valence-electron chi connectivity index (χ2n) is 6.13. The number of fused-ring (bicyclic) bond motifs is 1. The first-order valence-corrected chi connectivity index (χ1v) is 9.41. The molecule has 1 saturated heterocycles. The molecule has 3 nitrogen and oxygen atoms in total. The van der Waals surface area contributed by atoms with E-state index in [4.69, 9.17) is 0 Å². The Bertz CT molecular complexity index is 668. The van der Waals surface area contributed by atoms with E-state index in [0.717, 1.165) is 31.0 Å². The Kier molecular flexibility index (Phi) is 7.40. The SMILES string of the molecule is CN(CCc1cccc2ccccc12)C(=O)CC1CSCCN1.Cl. The highest BCUT2D eigenvalue weighted by Crippen LogP contribution is 2.19. The van der Waals surface area contributed by atoms with E-state index in [1.807, 2.05) is 23.7 Å². The number of rotatable bonds is 5. The molecule has 1 amide bonds. The zero-order chi connectivity index (χ0) is 16.1. The van der Waals surface area contributed by atoms with Crippen molar-refractivity contribution in [2.45, 2.75) is 18.9 Å². The molecule has 0 aromatic heterocycles. The number of thioether (sulfide) groups is 1. The van der Waals surface area contributed by atoms with Crippen LogP contribution in [0.2, 0.25) is 0 Å². The van der Waals surface area contributed by atoms with Crippen molar-refractivity contribution in [3.63, 3.8) is 0 Å². The summed E-state index contributed by atoms with van der Waals surface area (Å²) < 4.78 is 0. The molecule has 1 atom stereocenters. The number of hydrogen-bond donors (Lipinski definition) is 1. The van der Waals surface area contributed by atoms with Gasteiger partial charge in [0.25, 0.3) is 0 Å². The molecule has 1 aliphatic heterocycles. The first-order chi connectivity index (χ1) is 11.2. The maximum Gasteiger partial charge on any atom is 0.223 e. The van der Waals surface area contributed by atoms with Crippen LogP contribution in [0.1, 0.15) is 12.0 Å². The van der Waals surface area contributed by atoms with Crippen molar-refractivity contribution in [1.82, 2.24) is 10.2 Å². The zero-order valence-electron chi connectivity index (χ0n) is 14.0. The van der Waals surface area contributed by atoms with E-state index in [0.29, 0.717) is 12.5 Å². The second kappa shape index (κ2) is 9.30. The molecule has 5 heteroatoms. The highest BCUT2D eigenvalue weighted by atomic mass is 35.5. The molecular formula is C19H25ClN2OS. The molecule has 1 unspecified atom stereocenters. The highest BCUT2D eigenvalue weighted by molar-refractivity contribution is 7.99. The number of carbonyl (C=O) groups excluding carboxylic acids is 1. The molecule has 1 N–H and O–H groups in total. The highest BCUT2D eigenvalue weighted by Gasteiger charge is 2.19. The number of carbonyl (C=O) groups is 1. The van der Waals surface area contributed by atoms with Crippen molar-refractivity contribution in [3.8, 4) is 0 Å². The number of hydrogen-bond acceptors (Lipinski definition) is 3. The van der Waals surface area contributed by atoms with E-state index < -0.39 is 0 Å². The molecular weight excluding hydrogens is 340 g/mol. The lowest BCUT2D eigenvalue weighted by atomic mass is 10.0. The van der Waals surface area contributed by atoms with Gasteiger partial charge >= 0.3 is 0 Å². The summed E-state index contributed by atoms with van der Waals surface area (Å²) in [5, 5.41) is 5.99. The van der Waals surface area contributed by atoms with E-state index in [1.54, 1.807) is 0 Å². The molecule has 0 radical (unpaired) electrons. The van der Waals surface area contributed by atoms with Gasteiger partial charge in [-0.15, -0.1) is 12.4 Å². The molecule has 1 heterocycles. The van der Waals surface area contributed by atoms with Gasteiger partial charge in [-0.25, -0.2) is 0 Å². The van der Waals surface area contributed by atoms with Crippen molar-refractivity contribution in [2.24, 2.45) is 0 Å². The number of nitrogens with zero attached hydrogens (tertiary/aromatic N) is 1. The van der Waals surface area contributed by atoms with Crippen LogP contribution in [0.4, 0.5) is 0 Å². The van der Waals surface area contributed by atoms with Crippen molar-refractivity contribution in [3.05, 3.63) is 48.0 Å². The molecule has 2 aromatic carbocycles. The Balaban J connectivity index is 0.00000208. The van der Waals surface area contributed by atoms with E-state index >= 15 is 0 Å². The Morgan fingerprint density at radius 2 is 2.04 bits per heavy atom. The van der Waals surface area contributed by atoms with Crippen LogP contribution in [-0.2, 0) is 11.2 Å². The van der Waals surface area contributed by atoms with Crippen molar-refractivity contribution >= 4 is 40.8 Å². The van der Waals surface area contributed by atoms with Crippen molar-refractivity contribution in [2.75, 3.05) is 31.6 Å². The molecule has 0 spiro atoms. The zero-order valence-corrected chi connectivity index (χ0v) is 15.7. The molecule has 2 aromatic rings. The molecule has 1 fully saturated rings. The van der Waals surface area contributed by atoms with Gasteiger partial charge in [0, 0.05) is 44.1 Å². The second-order valence-corrected chi connectivity index (χ2v) is 7.28. The third kappa shape index (κ3) is 4.88. The predicted molar refractivity (Wildman–Crippen MR) is 106 cm³/mol. The Labute approximate surface area is 154 Å². The van der Waals surface area contributed by atoms with Gasteiger partial charge in [0.15, 0.2) is 0 Å². The van der Waals surface area contributed by atoms with Gasteiger partial charge in [-0.3, -0.25) is 4.79 Å². The maximum atomic E-state index is 12.4. The van der Waals surface area contributed by atoms with Crippen LogP contribution in [0.15, 0.2) is 42.5 Å². The molecule has 0 aliphatic carbocycles. The van der Waals surface area contributed by atoms with Crippen LogP contribution < -0.4 is 5.32 Å². The number of likely N-dealkylation sites (N-methyl/N-ethyl adjacent to an activating group) is 1. The molecule has 0 bridgehead atoms. The minimum Gasteiger partial charge on any atom is -0.345 e. The summed E-state index contributed by atoms with van der Waals surface area (Å²) in [5.41, 5.74) is 1.31. The number of benzene rings is 2. The molecule has 3 rings (SSSR count). The molecule has 24 heavy (non-hydrogen) atoms. The summed E-state index contributed by atoms with van der Waals surface area (Å²) in [5.74, 6) is 2.44. The third-order valence-corrected chi connectivity index (χ3v) is 5.57. The van der Waals surface area contributed by atoms with Crippen molar-refractivity contribution in [1.29, 1.82) is 0 Å². The predicted octanol–water partition coefficient (Wildman–Crippen LogP) is 3.36. The first-order valence-electron chi connectivity index (χ1n) is 8.26. The fraction of sp³-hybridized carbons (Fsp3) is 0.421. The van der Waals surface area contributed by atoms with Crippen LogP contribution in [0.25, 0.3) is 10.8 Å². The van der Waals surface area contributed by atoms with Gasteiger partial charge in [0.05, 0.1) is 0 Å². The normalized spacial score (nSPS) is 17.3. The minimum atomic E-state index is 0. The summed E-state index contributed by atoms with van der Waals surface area (Å²) >= 11 is 1.94. The topological polar surface area (TPSA) is 32.3 Å². The Morgan fingerprint density at radius 3 is 2.83 bits per heavy atom. The summed E-state index contributed by atoms with van der Waals surface area (Å²) in [4.78, 5) is 14.3. The lowest BCUT2D eigenvalue weighted by Gasteiger charge is -2.25. The quantitative estimate of drug-likeness (QED) is 0.882. The van der Waals surface area contributed by atoms with Gasteiger partial charge in [-0.1, -0.05) is 42.5 Å². The summed E-state index contributed by atoms with van der Waals surface area (Å²) in [7, 11) is 1.92. The van der Waals surface area contributed by atoms with Crippen LogP contribution in [0, 0.1) is 0 Å². The smallest absolute Gasteiger partial charge is 0.223 e. The van der Waals surface area contributed by atoms with E-state index in [2.05, 4.69) is 47.8 Å². The summed E-state index contributed by atoms with van der Waals surface area (Å²) in [6.45, 7) is 1.79. The fourth-order valence-electron chi connectivity index (χ4n) is 3.04. The lowest BCUT2D eigenvalue weighted by Crippen LogP contribution is -2.42. The standard InChI is InChI=1S/C19H24N2OS.ClH/c1-21(19(22)13-17-14-23-12-10-20-17)11-9-16-7-4-6-15-5-2-3-8-18(15)16;/h2-8,17,20H,9-14H2,1H3;1H. The summed E-state index contributed by atoms with van der Waals surface area (Å²) in [6.07, 6.45) is 1.51. The number of halogens is 1. The van der Waals surface area contributed by atoms with E-state index in [-0.39, 0.29) is 18.3 Å². The molecule has 1 aliphatic rings. The molecule has 0 saturated carbocycles. The van der Waals surface area contributed by atoms with Gasteiger partial charge in [0.2, 0.25) is 5.91 Å². The number of nitrogens with one attached hydrogen (secondary N) is 1. The number of amides is 1. The summed E-state index contributed by atoms with van der Waals surface area (Å²) in [6, 6.07) is 15.2. The van der Waals surface area contributed by atoms with Gasteiger partial charge in [0.1, 0.15) is 0 Å². The lowest BCUT2D eigenvalue weighted by molar-refractivity contribution is -0.130. The fourth-order valence-corrected chi connectivity index (χ4v) is 3.99. The van der Waals surface area contributed by atoms with Gasteiger partial charge in [-0.05, 0) is 22.8 Å². The third-order valence-electron chi connectivity index (χ3n) is 4.44. The van der Waals surface area contributed by atoms with Gasteiger partial charge < -0.3 is 10.2 Å². The Morgan fingerprint density at radius 1 is 1.25 bits per heavy atom. The minimum absolute atomic E-state index is 0. The van der Waals surface area contributed by atoms with Crippen molar-refractivity contribution < 1.29 is 4.79 Å². The monoisotopic (exact) mass is 364 g/mol. The van der Waals surface area contributed by atoms with E-state index in [9.17, 15) is 4.79 Å². The van der Waals surface area contributed by atoms with Crippen LogP contribution in [0.5, 0.6) is 0 Å². The van der Waals surface area contributed by atoms with Crippen LogP contribution in [-0.4, -0.2) is 48.5 Å². The average molecular weight is 365 g/mol. The Hall–Kier alpha value is -1.23. The van der Waals surface area contributed by atoms with Crippen LogP contribution in [0.3, 0.4) is 0 Å². The van der Waals surface area contributed by atoms with E-state index in [1.165, 1.54) is 16.3 Å². The average Bonchev–Trinajstić information content (AvgIpc) is 2.60. The molecule has 130 valence electrons. The largest absolute Gasteiger partial charge is 0.345 e. The maximum absolute atomic E-state index is 12.4.